The van der Waals surface area contributed by atoms with E-state index in [1.54, 1.807) is 18.2 Å². The van der Waals surface area contributed by atoms with Crippen LogP contribution in [0.2, 0.25) is 0 Å². The van der Waals surface area contributed by atoms with E-state index in [-0.39, 0.29) is 16.9 Å². The highest BCUT2D eigenvalue weighted by Gasteiger charge is 2.23. The summed E-state index contributed by atoms with van der Waals surface area (Å²) < 4.78 is 0. The fourth-order valence-corrected chi connectivity index (χ4v) is 1.86. The first-order chi connectivity index (χ1) is 10.0. The fourth-order valence-electron chi connectivity index (χ4n) is 1.86. The molecule has 0 atom stereocenters. The maximum Gasteiger partial charge on any atom is 0.323 e. The minimum absolute atomic E-state index is 0.151. The Hall–Kier alpha value is -3.09. The number of nitrogens with zero attached hydrogens (tertiary/aromatic N) is 1. The second-order valence-corrected chi connectivity index (χ2v) is 4.27. The van der Waals surface area contributed by atoms with E-state index in [0.717, 1.165) is 4.90 Å². The molecule has 0 spiro atoms. The molecule has 2 rings (SSSR count). The van der Waals surface area contributed by atoms with E-state index < -0.39 is 23.9 Å². The van der Waals surface area contributed by atoms with Gasteiger partial charge in [0, 0.05) is 18.5 Å². The van der Waals surface area contributed by atoms with Crippen molar-refractivity contribution in [1.29, 1.82) is 0 Å². The maximum atomic E-state index is 12.4. The van der Waals surface area contributed by atoms with E-state index in [0.29, 0.717) is 0 Å². The van der Waals surface area contributed by atoms with Gasteiger partial charge in [0.05, 0.1) is 11.4 Å². The molecule has 1 aromatic carbocycles. The summed E-state index contributed by atoms with van der Waals surface area (Å²) >= 11 is 0. The summed E-state index contributed by atoms with van der Waals surface area (Å²) in [6.45, 7) is -0.596. The number of nitrogen functional groups attached to an aromatic ring is 1. The maximum absolute atomic E-state index is 12.4. The lowest BCUT2D eigenvalue weighted by molar-refractivity contribution is -0.135. The zero-order valence-corrected chi connectivity index (χ0v) is 10.9. The molecule has 0 unspecified atom stereocenters. The van der Waals surface area contributed by atoms with Crippen LogP contribution in [0.5, 0.6) is 0 Å². The summed E-state index contributed by atoms with van der Waals surface area (Å²) in [6.07, 6.45) is 2.62. The lowest BCUT2D eigenvalue weighted by Gasteiger charge is -2.22. The van der Waals surface area contributed by atoms with Crippen LogP contribution >= 0.6 is 0 Å². The first-order valence-electron chi connectivity index (χ1n) is 6.06. The highest BCUT2D eigenvalue weighted by molar-refractivity contribution is 6.09. The molecule has 2 aromatic rings. The Bertz CT molecular complexity index is 739. The Balaban J connectivity index is 2.49. The molecule has 0 bridgehead atoms. The summed E-state index contributed by atoms with van der Waals surface area (Å²) in [6, 6.07) is 7.56. The lowest BCUT2D eigenvalue weighted by atomic mass is 10.2. The van der Waals surface area contributed by atoms with Crippen LogP contribution in [0.25, 0.3) is 0 Å². The molecule has 0 saturated carbocycles. The minimum Gasteiger partial charge on any atom is -0.480 e. The molecule has 7 heteroatoms. The van der Waals surface area contributed by atoms with Gasteiger partial charge in [-0.3, -0.25) is 19.3 Å². The number of rotatable bonds is 4. The van der Waals surface area contributed by atoms with Crippen molar-refractivity contribution in [2.45, 2.75) is 0 Å². The zero-order valence-electron chi connectivity index (χ0n) is 10.9. The number of amides is 1. The van der Waals surface area contributed by atoms with Crippen LogP contribution in [0.3, 0.4) is 0 Å². The molecular formula is C14H13N3O4. The number of carbonyl (C=O) groups is 2. The van der Waals surface area contributed by atoms with E-state index in [1.165, 1.54) is 24.5 Å². The minimum atomic E-state index is -1.21. The van der Waals surface area contributed by atoms with Gasteiger partial charge in [0.1, 0.15) is 12.1 Å². The molecule has 1 amide bonds. The molecule has 1 aromatic heterocycles. The number of anilines is 2. The predicted octanol–water partition coefficient (Wildman–Crippen LogP) is 0.689. The van der Waals surface area contributed by atoms with Gasteiger partial charge in [-0.2, -0.15) is 0 Å². The number of aromatic amines is 1. The Morgan fingerprint density at radius 3 is 2.57 bits per heavy atom. The molecule has 108 valence electrons. The normalized spacial score (nSPS) is 10.1. The Morgan fingerprint density at radius 2 is 1.95 bits per heavy atom. The van der Waals surface area contributed by atoms with E-state index in [2.05, 4.69) is 4.98 Å². The number of carboxylic acids is 1. The first kappa shape index (κ1) is 14.3. The van der Waals surface area contributed by atoms with E-state index >= 15 is 0 Å². The number of para-hydroxylation sites is 2. The largest absolute Gasteiger partial charge is 0.480 e. The Labute approximate surface area is 119 Å². The van der Waals surface area contributed by atoms with Crippen molar-refractivity contribution in [3.8, 4) is 0 Å². The van der Waals surface area contributed by atoms with Gasteiger partial charge in [0.2, 0.25) is 0 Å². The molecule has 0 aliphatic heterocycles. The number of nitrogens with one attached hydrogen (secondary N) is 1. The summed E-state index contributed by atoms with van der Waals surface area (Å²) in [4.78, 5) is 38.7. The Morgan fingerprint density at radius 1 is 1.24 bits per heavy atom. The quantitative estimate of drug-likeness (QED) is 0.715. The van der Waals surface area contributed by atoms with Crippen LogP contribution in [0, 0.1) is 0 Å². The number of nitrogens with two attached hydrogens (primary N) is 1. The van der Waals surface area contributed by atoms with Gasteiger partial charge in [-0.25, -0.2) is 0 Å². The number of carbonyl (C=O) groups excluding carboxylic acids is 1. The van der Waals surface area contributed by atoms with E-state index in [1.807, 2.05) is 0 Å². The fraction of sp³-hybridized carbons (Fsp3) is 0.0714. The smallest absolute Gasteiger partial charge is 0.323 e. The molecule has 1 heterocycles. The van der Waals surface area contributed by atoms with E-state index in [9.17, 15) is 14.4 Å². The van der Waals surface area contributed by atoms with Crippen molar-refractivity contribution in [1.82, 2.24) is 4.98 Å². The average Bonchev–Trinajstić information content (AvgIpc) is 2.45. The van der Waals surface area contributed by atoms with Crippen molar-refractivity contribution >= 4 is 23.3 Å². The molecule has 0 saturated heterocycles. The van der Waals surface area contributed by atoms with Gasteiger partial charge < -0.3 is 15.8 Å². The topological polar surface area (TPSA) is 116 Å². The van der Waals surface area contributed by atoms with Crippen LogP contribution in [0.15, 0.2) is 47.5 Å². The van der Waals surface area contributed by atoms with Crippen molar-refractivity contribution < 1.29 is 14.7 Å². The van der Waals surface area contributed by atoms with Gasteiger partial charge in [-0.1, -0.05) is 12.1 Å². The van der Waals surface area contributed by atoms with Crippen LogP contribution < -0.4 is 16.1 Å². The molecule has 0 radical (unpaired) electrons. The second kappa shape index (κ2) is 5.91. The van der Waals surface area contributed by atoms with Crippen LogP contribution in [0.1, 0.15) is 10.4 Å². The van der Waals surface area contributed by atoms with Gasteiger partial charge in [0.25, 0.3) is 5.91 Å². The number of aliphatic carboxylic acids is 1. The monoisotopic (exact) mass is 287 g/mol. The third-order valence-electron chi connectivity index (χ3n) is 2.82. The molecule has 21 heavy (non-hydrogen) atoms. The predicted molar refractivity (Wildman–Crippen MR) is 77.2 cm³/mol. The molecular weight excluding hydrogens is 274 g/mol. The number of carboxylic acid groups (broad SMARTS) is 1. The number of pyridine rings is 1. The third-order valence-corrected chi connectivity index (χ3v) is 2.82. The first-order valence-corrected chi connectivity index (χ1v) is 6.06. The molecule has 0 aliphatic rings. The highest BCUT2D eigenvalue weighted by Crippen LogP contribution is 2.23. The standard InChI is InChI=1S/C14H13N3O4/c15-10-3-1-2-4-11(10)17(8-13(19)20)14(21)9-7-16-6-5-12(9)18/h1-7H,8,15H2,(H,16,18)(H,19,20). The number of benzene rings is 1. The van der Waals surface area contributed by atoms with Crippen LogP contribution in [0.4, 0.5) is 11.4 Å². The Kier molecular flexibility index (Phi) is 4.03. The van der Waals surface area contributed by atoms with Crippen LogP contribution in [-0.4, -0.2) is 28.5 Å². The van der Waals surface area contributed by atoms with Crippen molar-refractivity contribution in [2.75, 3.05) is 17.2 Å². The number of H-pyrrole nitrogens is 1. The number of aromatic nitrogens is 1. The third kappa shape index (κ3) is 3.08. The SMILES string of the molecule is Nc1ccccc1N(CC(=O)O)C(=O)c1c[nH]ccc1=O. The van der Waals surface area contributed by atoms with Gasteiger partial charge in [0.15, 0.2) is 5.43 Å². The van der Waals surface area contributed by atoms with Gasteiger partial charge >= 0.3 is 5.97 Å². The molecule has 0 fully saturated rings. The van der Waals surface area contributed by atoms with E-state index in [4.69, 9.17) is 10.8 Å². The van der Waals surface area contributed by atoms with Crippen molar-refractivity contribution in [2.24, 2.45) is 0 Å². The summed E-state index contributed by atoms with van der Waals surface area (Å²) in [7, 11) is 0. The number of hydrogen-bond acceptors (Lipinski definition) is 4. The second-order valence-electron chi connectivity index (χ2n) is 4.27. The zero-order chi connectivity index (χ0) is 15.4. The van der Waals surface area contributed by atoms with Gasteiger partial charge in [-0.05, 0) is 12.1 Å². The molecule has 0 aliphatic carbocycles. The van der Waals surface area contributed by atoms with Crippen LogP contribution in [-0.2, 0) is 4.79 Å². The average molecular weight is 287 g/mol. The number of hydrogen-bond donors (Lipinski definition) is 3. The van der Waals surface area contributed by atoms with Gasteiger partial charge in [-0.15, -0.1) is 0 Å². The highest BCUT2D eigenvalue weighted by atomic mass is 16.4. The summed E-state index contributed by atoms with van der Waals surface area (Å²) in [5.74, 6) is -1.93. The molecule has 4 N–H and O–H groups in total. The lowest BCUT2D eigenvalue weighted by Crippen LogP contribution is -2.38. The molecule has 7 nitrogen and oxygen atoms in total. The summed E-state index contributed by atoms with van der Waals surface area (Å²) in [5, 5.41) is 8.98. The van der Waals surface area contributed by atoms with Crippen molar-refractivity contribution in [3.63, 3.8) is 0 Å². The van der Waals surface area contributed by atoms with Crippen molar-refractivity contribution in [3.05, 3.63) is 58.5 Å². The summed E-state index contributed by atoms with van der Waals surface area (Å²) in [5.41, 5.74) is 5.62.